The smallest absolute Gasteiger partial charge is 0.258 e. The Morgan fingerprint density at radius 2 is 1.50 bits per heavy atom. The first kappa shape index (κ1) is 13.8. The van der Waals surface area contributed by atoms with E-state index in [-0.39, 0.29) is 5.91 Å². The first-order valence-electron chi connectivity index (χ1n) is 6.70. The normalized spacial score (nSPS) is 10.0. The standard InChI is InChI=1S/C17H13N3O2/c21-17(13-10-18-12-19-11-13)20-14-6-8-16(9-7-14)22-15-4-2-1-3-5-15/h1-12H,(H,20,21). The summed E-state index contributed by atoms with van der Waals surface area (Å²) in [6.07, 6.45) is 4.32. The number of nitrogens with one attached hydrogen (secondary N) is 1. The van der Waals surface area contributed by atoms with Gasteiger partial charge in [0.05, 0.1) is 5.56 Å². The van der Waals surface area contributed by atoms with E-state index in [1.54, 1.807) is 24.3 Å². The Kier molecular flexibility index (Phi) is 4.06. The van der Waals surface area contributed by atoms with Gasteiger partial charge in [0, 0.05) is 18.1 Å². The minimum absolute atomic E-state index is 0.252. The van der Waals surface area contributed by atoms with E-state index in [1.165, 1.54) is 18.7 Å². The van der Waals surface area contributed by atoms with Crippen molar-refractivity contribution in [2.45, 2.75) is 0 Å². The van der Waals surface area contributed by atoms with Crippen LogP contribution in [-0.4, -0.2) is 15.9 Å². The van der Waals surface area contributed by atoms with Crippen molar-refractivity contribution >= 4 is 11.6 Å². The van der Waals surface area contributed by atoms with E-state index >= 15 is 0 Å². The molecule has 0 saturated carbocycles. The molecule has 0 saturated heterocycles. The third-order valence-electron chi connectivity index (χ3n) is 2.91. The molecule has 0 fully saturated rings. The average molecular weight is 291 g/mol. The predicted molar refractivity (Wildman–Crippen MR) is 82.9 cm³/mol. The Morgan fingerprint density at radius 3 is 2.18 bits per heavy atom. The van der Waals surface area contributed by atoms with Crippen molar-refractivity contribution in [1.82, 2.24) is 9.97 Å². The number of nitrogens with zero attached hydrogens (tertiary/aromatic N) is 2. The van der Waals surface area contributed by atoms with Gasteiger partial charge in [0.25, 0.3) is 5.91 Å². The Labute approximate surface area is 127 Å². The molecule has 0 bridgehead atoms. The summed E-state index contributed by atoms with van der Waals surface area (Å²) in [6, 6.07) is 16.7. The minimum atomic E-state index is -0.252. The lowest BCUT2D eigenvalue weighted by Gasteiger charge is -2.07. The van der Waals surface area contributed by atoms with Gasteiger partial charge in [0.1, 0.15) is 17.8 Å². The zero-order chi connectivity index (χ0) is 15.2. The molecule has 1 amide bonds. The van der Waals surface area contributed by atoms with Crippen LogP contribution in [0.3, 0.4) is 0 Å². The van der Waals surface area contributed by atoms with Crippen molar-refractivity contribution in [3.63, 3.8) is 0 Å². The summed E-state index contributed by atoms with van der Waals surface area (Å²) in [5.74, 6) is 1.21. The quantitative estimate of drug-likeness (QED) is 0.798. The Balaban J connectivity index is 1.66. The SMILES string of the molecule is O=C(Nc1ccc(Oc2ccccc2)cc1)c1cncnc1. The maximum atomic E-state index is 12.0. The zero-order valence-corrected chi connectivity index (χ0v) is 11.6. The first-order valence-corrected chi connectivity index (χ1v) is 6.70. The molecule has 3 rings (SSSR count). The Hall–Kier alpha value is -3.21. The van der Waals surface area contributed by atoms with Crippen LogP contribution in [0.2, 0.25) is 0 Å². The summed E-state index contributed by atoms with van der Waals surface area (Å²) in [7, 11) is 0. The van der Waals surface area contributed by atoms with E-state index < -0.39 is 0 Å². The summed E-state index contributed by atoms with van der Waals surface area (Å²) < 4.78 is 5.69. The van der Waals surface area contributed by atoms with Gasteiger partial charge in [-0.15, -0.1) is 0 Å². The lowest BCUT2D eigenvalue weighted by molar-refractivity contribution is 0.102. The Bertz CT molecular complexity index is 744. The molecule has 2 aromatic carbocycles. The fourth-order valence-electron chi connectivity index (χ4n) is 1.85. The van der Waals surface area contributed by atoms with Crippen molar-refractivity contribution < 1.29 is 9.53 Å². The molecule has 22 heavy (non-hydrogen) atoms. The van der Waals surface area contributed by atoms with E-state index in [0.29, 0.717) is 17.0 Å². The summed E-state index contributed by atoms with van der Waals surface area (Å²) >= 11 is 0. The second-order valence-electron chi connectivity index (χ2n) is 4.52. The summed E-state index contributed by atoms with van der Waals surface area (Å²) in [6.45, 7) is 0. The number of benzene rings is 2. The monoisotopic (exact) mass is 291 g/mol. The molecule has 0 unspecified atom stereocenters. The molecule has 0 aliphatic rings. The van der Waals surface area contributed by atoms with Crippen LogP contribution in [0.25, 0.3) is 0 Å². The lowest BCUT2D eigenvalue weighted by Crippen LogP contribution is -2.12. The first-order chi connectivity index (χ1) is 10.8. The van der Waals surface area contributed by atoms with Gasteiger partial charge in [0.2, 0.25) is 0 Å². The van der Waals surface area contributed by atoms with Gasteiger partial charge < -0.3 is 10.1 Å². The van der Waals surface area contributed by atoms with Crippen LogP contribution in [0, 0.1) is 0 Å². The van der Waals surface area contributed by atoms with Crippen LogP contribution in [0.15, 0.2) is 73.3 Å². The fraction of sp³-hybridized carbons (Fsp3) is 0. The molecule has 0 spiro atoms. The molecule has 0 aliphatic carbocycles. The molecule has 108 valence electrons. The number of ether oxygens (including phenoxy) is 1. The van der Waals surface area contributed by atoms with Crippen LogP contribution in [-0.2, 0) is 0 Å². The van der Waals surface area contributed by atoms with Crippen molar-refractivity contribution in [3.8, 4) is 11.5 Å². The van der Waals surface area contributed by atoms with Crippen LogP contribution >= 0.6 is 0 Å². The highest BCUT2D eigenvalue weighted by Gasteiger charge is 2.06. The topological polar surface area (TPSA) is 64.1 Å². The van der Waals surface area contributed by atoms with Crippen LogP contribution < -0.4 is 10.1 Å². The third kappa shape index (κ3) is 3.46. The van der Waals surface area contributed by atoms with Gasteiger partial charge >= 0.3 is 0 Å². The molecule has 0 radical (unpaired) electrons. The van der Waals surface area contributed by atoms with Gasteiger partial charge in [-0.2, -0.15) is 0 Å². The second kappa shape index (κ2) is 6.49. The number of hydrogen-bond donors (Lipinski definition) is 1. The maximum absolute atomic E-state index is 12.0. The van der Waals surface area contributed by atoms with Gasteiger partial charge in [0.15, 0.2) is 0 Å². The highest BCUT2D eigenvalue weighted by Crippen LogP contribution is 2.22. The molecule has 1 heterocycles. The molecular weight excluding hydrogens is 278 g/mol. The van der Waals surface area contributed by atoms with Crippen LogP contribution in [0.1, 0.15) is 10.4 Å². The number of aromatic nitrogens is 2. The molecule has 3 aromatic rings. The van der Waals surface area contributed by atoms with Gasteiger partial charge in [-0.3, -0.25) is 4.79 Å². The lowest BCUT2D eigenvalue weighted by atomic mass is 10.2. The molecular formula is C17H13N3O2. The second-order valence-corrected chi connectivity index (χ2v) is 4.52. The highest BCUT2D eigenvalue weighted by molar-refractivity contribution is 6.03. The minimum Gasteiger partial charge on any atom is -0.457 e. The van der Waals surface area contributed by atoms with Gasteiger partial charge in [-0.25, -0.2) is 9.97 Å². The summed E-state index contributed by atoms with van der Waals surface area (Å²) in [5.41, 5.74) is 1.08. The van der Waals surface area contributed by atoms with Crippen molar-refractivity contribution in [2.24, 2.45) is 0 Å². The molecule has 0 atom stereocenters. The fourth-order valence-corrected chi connectivity index (χ4v) is 1.85. The van der Waals surface area contributed by atoms with E-state index in [4.69, 9.17) is 4.74 Å². The number of hydrogen-bond acceptors (Lipinski definition) is 4. The van der Waals surface area contributed by atoms with E-state index in [9.17, 15) is 4.79 Å². The number of amides is 1. The number of carbonyl (C=O) groups excluding carboxylic acids is 1. The maximum Gasteiger partial charge on any atom is 0.258 e. The zero-order valence-electron chi connectivity index (χ0n) is 11.6. The largest absolute Gasteiger partial charge is 0.457 e. The molecule has 1 aromatic heterocycles. The van der Waals surface area contributed by atoms with E-state index in [1.807, 2.05) is 30.3 Å². The number of rotatable bonds is 4. The van der Waals surface area contributed by atoms with Gasteiger partial charge in [-0.05, 0) is 36.4 Å². The van der Waals surface area contributed by atoms with E-state index in [0.717, 1.165) is 5.75 Å². The summed E-state index contributed by atoms with van der Waals surface area (Å²) in [5, 5.41) is 2.77. The van der Waals surface area contributed by atoms with Crippen molar-refractivity contribution in [1.29, 1.82) is 0 Å². The summed E-state index contributed by atoms with van der Waals surface area (Å²) in [4.78, 5) is 19.6. The van der Waals surface area contributed by atoms with E-state index in [2.05, 4.69) is 15.3 Å². The highest BCUT2D eigenvalue weighted by atomic mass is 16.5. The molecule has 5 heteroatoms. The number of para-hydroxylation sites is 1. The van der Waals surface area contributed by atoms with Crippen LogP contribution in [0.4, 0.5) is 5.69 Å². The van der Waals surface area contributed by atoms with Gasteiger partial charge in [-0.1, -0.05) is 18.2 Å². The number of anilines is 1. The molecule has 0 aliphatic heterocycles. The predicted octanol–water partition coefficient (Wildman–Crippen LogP) is 3.52. The Morgan fingerprint density at radius 1 is 0.864 bits per heavy atom. The average Bonchev–Trinajstić information content (AvgIpc) is 2.58. The third-order valence-corrected chi connectivity index (χ3v) is 2.91. The number of carbonyl (C=O) groups is 1. The van der Waals surface area contributed by atoms with Crippen LogP contribution in [0.5, 0.6) is 11.5 Å². The molecule has 1 N–H and O–H groups in total. The molecule has 5 nitrogen and oxygen atoms in total. The van der Waals surface area contributed by atoms with Crippen molar-refractivity contribution in [2.75, 3.05) is 5.32 Å². The van der Waals surface area contributed by atoms with Crippen molar-refractivity contribution in [3.05, 3.63) is 78.9 Å².